The second-order valence-electron chi connectivity index (χ2n) is 5.50. The number of alkyl halides is 3. The van der Waals surface area contributed by atoms with E-state index in [4.69, 9.17) is 5.73 Å². The van der Waals surface area contributed by atoms with Gasteiger partial charge in [-0.05, 0) is 43.0 Å². The first-order valence-electron chi connectivity index (χ1n) is 7.16. The van der Waals surface area contributed by atoms with Gasteiger partial charge in [-0.2, -0.15) is 13.2 Å². The summed E-state index contributed by atoms with van der Waals surface area (Å²) in [6.45, 7) is 1.97. The number of nitrogens with two attached hydrogens (primary N) is 1. The van der Waals surface area contributed by atoms with Gasteiger partial charge in [0.2, 0.25) is 11.8 Å². The van der Waals surface area contributed by atoms with Gasteiger partial charge in [-0.15, -0.1) is 0 Å². The van der Waals surface area contributed by atoms with Crippen molar-refractivity contribution in [3.63, 3.8) is 0 Å². The molecule has 1 fully saturated rings. The zero-order valence-electron chi connectivity index (χ0n) is 12.6. The van der Waals surface area contributed by atoms with E-state index in [-0.39, 0.29) is 0 Å². The summed E-state index contributed by atoms with van der Waals surface area (Å²) in [6.07, 6.45) is -2.00. The average Bonchev–Trinajstić information content (AvgIpc) is 2.96. The molecule has 1 aliphatic heterocycles. The molecule has 1 aromatic rings. The molecule has 1 heterocycles. The number of rotatable bonds is 3. The summed E-state index contributed by atoms with van der Waals surface area (Å²) in [5.74, 6) is -0.984. The molecule has 0 aromatic heterocycles. The van der Waals surface area contributed by atoms with E-state index in [9.17, 15) is 22.8 Å². The molecule has 0 spiro atoms. The molecule has 2 rings (SSSR count). The molecule has 23 heavy (non-hydrogen) atoms. The first kappa shape index (κ1) is 17.1. The van der Waals surface area contributed by atoms with Crippen molar-refractivity contribution in [2.75, 3.05) is 6.54 Å². The van der Waals surface area contributed by atoms with E-state index in [1.165, 1.54) is 23.1 Å². The summed E-state index contributed by atoms with van der Waals surface area (Å²) >= 11 is 0. The number of nitrogens with zero attached hydrogens (tertiary/aromatic N) is 1. The van der Waals surface area contributed by atoms with E-state index in [0.717, 1.165) is 12.1 Å². The van der Waals surface area contributed by atoms with Crippen molar-refractivity contribution >= 4 is 17.4 Å². The molecule has 124 valence electrons. The Morgan fingerprint density at radius 2 is 2.04 bits per heavy atom. The van der Waals surface area contributed by atoms with Crippen LogP contribution in [0.4, 0.5) is 13.2 Å². The largest absolute Gasteiger partial charge is 0.416 e. The molecule has 0 bridgehead atoms. The number of halogens is 3. The van der Waals surface area contributed by atoms with E-state index < -0.39 is 29.6 Å². The number of primary amides is 1. The zero-order valence-corrected chi connectivity index (χ0v) is 12.6. The van der Waals surface area contributed by atoms with Gasteiger partial charge in [0.1, 0.15) is 6.04 Å². The highest BCUT2D eigenvalue weighted by atomic mass is 19.4. The van der Waals surface area contributed by atoms with Crippen LogP contribution in [0.5, 0.6) is 0 Å². The maximum Gasteiger partial charge on any atom is 0.416 e. The van der Waals surface area contributed by atoms with Crippen molar-refractivity contribution in [2.24, 2.45) is 5.73 Å². The number of allylic oxidation sites excluding steroid dienone is 1. The minimum absolute atomic E-state index is 0.308. The minimum atomic E-state index is -4.44. The fourth-order valence-electron chi connectivity index (χ4n) is 2.62. The smallest absolute Gasteiger partial charge is 0.368 e. The lowest BCUT2D eigenvalue weighted by molar-refractivity contribution is -0.137. The number of hydrogen-bond donors (Lipinski definition) is 1. The van der Waals surface area contributed by atoms with Crippen LogP contribution in [0.3, 0.4) is 0 Å². The Balaban J connectivity index is 2.22. The molecular weight excluding hydrogens is 309 g/mol. The van der Waals surface area contributed by atoms with Crippen molar-refractivity contribution in [1.29, 1.82) is 0 Å². The first-order valence-corrected chi connectivity index (χ1v) is 7.16. The highest BCUT2D eigenvalue weighted by Gasteiger charge is 2.32. The van der Waals surface area contributed by atoms with Gasteiger partial charge in [-0.3, -0.25) is 9.59 Å². The van der Waals surface area contributed by atoms with E-state index in [2.05, 4.69) is 0 Å². The molecule has 1 saturated heterocycles. The Morgan fingerprint density at radius 1 is 1.35 bits per heavy atom. The summed E-state index contributed by atoms with van der Waals surface area (Å²) < 4.78 is 38.2. The van der Waals surface area contributed by atoms with Crippen molar-refractivity contribution in [2.45, 2.75) is 32.0 Å². The van der Waals surface area contributed by atoms with E-state index in [1.807, 2.05) is 0 Å². The molecule has 0 aliphatic carbocycles. The molecular formula is C16H17F3N2O2. The predicted octanol–water partition coefficient (Wildman–Crippen LogP) is 2.59. The molecule has 1 aliphatic rings. The van der Waals surface area contributed by atoms with Crippen LogP contribution in [-0.4, -0.2) is 29.3 Å². The SMILES string of the molecule is C/C(=C\C(=O)N1CCCC1C(N)=O)c1cccc(C(F)(F)F)c1. The fraction of sp³-hybridized carbons (Fsp3) is 0.375. The molecule has 0 saturated carbocycles. The van der Waals surface area contributed by atoms with Gasteiger partial charge in [-0.25, -0.2) is 0 Å². The first-order chi connectivity index (χ1) is 10.7. The van der Waals surface area contributed by atoms with Gasteiger partial charge in [0, 0.05) is 12.6 Å². The van der Waals surface area contributed by atoms with Crippen LogP contribution in [0.1, 0.15) is 30.9 Å². The van der Waals surface area contributed by atoms with Crippen molar-refractivity contribution in [3.05, 3.63) is 41.5 Å². The second kappa shape index (κ2) is 6.44. The maximum atomic E-state index is 12.7. The Bertz CT molecular complexity index is 653. The summed E-state index contributed by atoms with van der Waals surface area (Å²) in [5, 5.41) is 0. The van der Waals surface area contributed by atoms with Gasteiger partial charge < -0.3 is 10.6 Å². The van der Waals surface area contributed by atoms with Crippen molar-refractivity contribution in [3.8, 4) is 0 Å². The Kier molecular flexibility index (Phi) is 4.77. The third-order valence-electron chi connectivity index (χ3n) is 3.85. The van der Waals surface area contributed by atoms with Crippen molar-refractivity contribution in [1.82, 2.24) is 4.90 Å². The van der Waals surface area contributed by atoms with Crippen LogP contribution >= 0.6 is 0 Å². The van der Waals surface area contributed by atoms with Crippen LogP contribution in [0.2, 0.25) is 0 Å². The van der Waals surface area contributed by atoms with E-state index in [1.54, 1.807) is 6.92 Å². The van der Waals surface area contributed by atoms with Crippen LogP contribution in [0.15, 0.2) is 30.3 Å². The molecule has 4 nitrogen and oxygen atoms in total. The second-order valence-corrected chi connectivity index (χ2v) is 5.50. The Hall–Kier alpha value is -2.31. The lowest BCUT2D eigenvalue weighted by Gasteiger charge is -2.21. The van der Waals surface area contributed by atoms with Crippen LogP contribution < -0.4 is 5.73 Å². The van der Waals surface area contributed by atoms with Gasteiger partial charge in [0.05, 0.1) is 5.56 Å². The maximum absolute atomic E-state index is 12.7. The lowest BCUT2D eigenvalue weighted by atomic mass is 10.0. The summed E-state index contributed by atoms with van der Waals surface area (Å²) in [4.78, 5) is 24.9. The topological polar surface area (TPSA) is 63.4 Å². The van der Waals surface area contributed by atoms with Gasteiger partial charge in [0.15, 0.2) is 0 Å². The predicted molar refractivity (Wildman–Crippen MR) is 79.0 cm³/mol. The molecule has 7 heteroatoms. The zero-order chi connectivity index (χ0) is 17.2. The number of amides is 2. The van der Waals surface area contributed by atoms with Crippen molar-refractivity contribution < 1.29 is 22.8 Å². The third kappa shape index (κ3) is 3.91. The van der Waals surface area contributed by atoms with Gasteiger partial charge >= 0.3 is 6.18 Å². The lowest BCUT2D eigenvalue weighted by Crippen LogP contribution is -2.43. The quantitative estimate of drug-likeness (QED) is 0.868. The highest BCUT2D eigenvalue weighted by molar-refractivity contribution is 5.97. The molecule has 2 N–H and O–H groups in total. The molecule has 1 atom stereocenters. The summed E-state index contributed by atoms with van der Waals surface area (Å²) in [6, 6.07) is 4.12. The monoisotopic (exact) mass is 326 g/mol. The van der Waals surface area contributed by atoms with E-state index >= 15 is 0 Å². The van der Waals surface area contributed by atoms with E-state index in [0.29, 0.717) is 30.5 Å². The standard InChI is InChI=1S/C16H17F3N2O2/c1-10(11-4-2-5-12(9-11)16(17,18)19)8-14(22)21-7-3-6-13(21)15(20)23/h2,4-5,8-9,13H,3,6-7H2,1H3,(H2,20,23)/b10-8+. The van der Waals surface area contributed by atoms with Crippen LogP contribution in [0, 0.1) is 0 Å². The number of carbonyl (C=O) groups excluding carboxylic acids is 2. The van der Waals surface area contributed by atoms with Crippen LogP contribution in [-0.2, 0) is 15.8 Å². The highest BCUT2D eigenvalue weighted by Crippen LogP contribution is 2.31. The molecule has 2 amide bonds. The minimum Gasteiger partial charge on any atom is -0.368 e. The van der Waals surface area contributed by atoms with Gasteiger partial charge in [-0.1, -0.05) is 12.1 Å². The number of likely N-dealkylation sites (tertiary alicyclic amines) is 1. The average molecular weight is 326 g/mol. The molecule has 1 aromatic carbocycles. The molecule has 1 unspecified atom stereocenters. The fourth-order valence-corrected chi connectivity index (χ4v) is 2.62. The normalized spacial score (nSPS) is 19.0. The number of hydrogen-bond acceptors (Lipinski definition) is 2. The Morgan fingerprint density at radius 3 is 2.65 bits per heavy atom. The number of benzene rings is 1. The third-order valence-corrected chi connectivity index (χ3v) is 3.85. The Labute approximate surface area is 131 Å². The number of carbonyl (C=O) groups is 2. The summed E-state index contributed by atoms with van der Waals surface area (Å²) in [5.41, 5.74) is 5.19. The summed E-state index contributed by atoms with van der Waals surface area (Å²) in [7, 11) is 0. The van der Waals surface area contributed by atoms with Gasteiger partial charge in [0.25, 0.3) is 0 Å². The molecule has 0 radical (unpaired) electrons. The van der Waals surface area contributed by atoms with Crippen LogP contribution in [0.25, 0.3) is 5.57 Å².